The lowest BCUT2D eigenvalue weighted by Crippen LogP contribution is -2.31. The Morgan fingerprint density at radius 2 is 2.04 bits per heavy atom. The molecule has 7 nitrogen and oxygen atoms in total. The molecule has 0 aliphatic carbocycles. The number of rotatable bonds is 6. The third-order valence-corrected chi connectivity index (χ3v) is 4.12. The molecule has 4 N–H and O–H groups in total. The standard InChI is InChI=1S/C19H18FN3O4/c20-11-5-6-12-13(10-18(25)22-15(12)9-11)19(26)23-14-3-1-2-4-16(14)27-8-7-17(21)24/h1-6,9,13H,7-8,10H2,(H2,21,24)(H,22,25)(H,23,26). The molecular weight excluding hydrogens is 353 g/mol. The minimum atomic E-state index is -0.756. The van der Waals surface area contributed by atoms with Crippen LogP contribution in [0, 0.1) is 5.82 Å². The number of hydrogen-bond acceptors (Lipinski definition) is 4. The molecule has 1 atom stereocenters. The second kappa shape index (κ2) is 7.86. The first kappa shape index (κ1) is 18.4. The number of amides is 3. The van der Waals surface area contributed by atoms with Crippen molar-refractivity contribution in [3.8, 4) is 5.75 Å². The summed E-state index contributed by atoms with van der Waals surface area (Å²) in [5, 5.41) is 5.31. The fourth-order valence-electron chi connectivity index (χ4n) is 2.85. The number of para-hydroxylation sites is 2. The van der Waals surface area contributed by atoms with Crippen molar-refractivity contribution in [1.82, 2.24) is 0 Å². The maximum Gasteiger partial charge on any atom is 0.232 e. The zero-order valence-electron chi connectivity index (χ0n) is 14.3. The quantitative estimate of drug-likeness (QED) is 0.722. The predicted octanol–water partition coefficient (Wildman–Crippen LogP) is 2.14. The molecule has 140 valence electrons. The average Bonchev–Trinajstić information content (AvgIpc) is 2.61. The van der Waals surface area contributed by atoms with E-state index in [-0.39, 0.29) is 31.0 Å². The van der Waals surface area contributed by atoms with Crippen LogP contribution in [0.4, 0.5) is 15.8 Å². The van der Waals surface area contributed by atoms with Gasteiger partial charge < -0.3 is 21.1 Å². The lowest BCUT2D eigenvalue weighted by atomic mass is 9.89. The number of benzene rings is 2. The maximum atomic E-state index is 13.4. The molecule has 0 saturated heterocycles. The first-order valence-electron chi connectivity index (χ1n) is 8.34. The Labute approximate surface area is 154 Å². The number of halogens is 1. The van der Waals surface area contributed by atoms with Crippen LogP contribution < -0.4 is 21.1 Å². The van der Waals surface area contributed by atoms with Crippen LogP contribution in [0.5, 0.6) is 5.75 Å². The Hall–Kier alpha value is -3.42. The zero-order valence-corrected chi connectivity index (χ0v) is 14.3. The molecule has 0 aromatic heterocycles. The third kappa shape index (κ3) is 4.41. The van der Waals surface area contributed by atoms with Gasteiger partial charge in [0.15, 0.2) is 0 Å². The molecule has 1 heterocycles. The number of hydrogen-bond donors (Lipinski definition) is 3. The predicted molar refractivity (Wildman–Crippen MR) is 96.8 cm³/mol. The molecule has 3 rings (SSSR count). The summed E-state index contributed by atoms with van der Waals surface area (Å²) in [4.78, 5) is 35.5. The summed E-state index contributed by atoms with van der Waals surface area (Å²) in [6, 6.07) is 10.7. The highest BCUT2D eigenvalue weighted by molar-refractivity contribution is 6.05. The number of anilines is 2. The number of nitrogens with two attached hydrogens (primary N) is 1. The number of ether oxygens (including phenoxy) is 1. The Kier molecular flexibility index (Phi) is 5.35. The van der Waals surface area contributed by atoms with Crippen LogP contribution in [0.2, 0.25) is 0 Å². The minimum Gasteiger partial charge on any atom is -0.491 e. The van der Waals surface area contributed by atoms with E-state index in [0.717, 1.165) is 0 Å². The fraction of sp³-hybridized carbons (Fsp3) is 0.211. The normalized spacial score (nSPS) is 15.4. The maximum absolute atomic E-state index is 13.4. The molecule has 3 amide bonds. The van der Waals surface area contributed by atoms with Gasteiger partial charge in [-0.05, 0) is 29.8 Å². The fourth-order valence-corrected chi connectivity index (χ4v) is 2.85. The molecule has 8 heteroatoms. The molecule has 2 aromatic carbocycles. The molecule has 2 aromatic rings. The van der Waals surface area contributed by atoms with Gasteiger partial charge in [-0.1, -0.05) is 18.2 Å². The van der Waals surface area contributed by atoms with Gasteiger partial charge in [0.25, 0.3) is 0 Å². The van der Waals surface area contributed by atoms with Crippen LogP contribution >= 0.6 is 0 Å². The molecule has 0 spiro atoms. The summed E-state index contributed by atoms with van der Waals surface area (Å²) >= 11 is 0. The summed E-state index contributed by atoms with van der Waals surface area (Å²) < 4.78 is 18.9. The van der Waals surface area contributed by atoms with E-state index in [1.165, 1.54) is 18.2 Å². The topological polar surface area (TPSA) is 111 Å². The van der Waals surface area contributed by atoms with E-state index in [4.69, 9.17) is 10.5 Å². The lowest BCUT2D eigenvalue weighted by Gasteiger charge is -2.25. The van der Waals surface area contributed by atoms with E-state index >= 15 is 0 Å². The molecular formula is C19H18FN3O4. The first-order valence-corrected chi connectivity index (χ1v) is 8.34. The number of carbonyl (C=O) groups is 3. The van der Waals surface area contributed by atoms with Crippen molar-refractivity contribution >= 4 is 29.1 Å². The molecule has 1 aliphatic rings. The van der Waals surface area contributed by atoms with Crippen molar-refractivity contribution in [3.05, 3.63) is 53.8 Å². The molecule has 0 fully saturated rings. The van der Waals surface area contributed by atoms with E-state index in [0.29, 0.717) is 17.0 Å². The van der Waals surface area contributed by atoms with Crippen LogP contribution in [-0.4, -0.2) is 24.3 Å². The van der Waals surface area contributed by atoms with Gasteiger partial charge in [0, 0.05) is 12.1 Å². The van der Waals surface area contributed by atoms with E-state index < -0.39 is 23.5 Å². The second-order valence-corrected chi connectivity index (χ2v) is 6.09. The molecule has 1 aliphatic heterocycles. The highest BCUT2D eigenvalue weighted by Crippen LogP contribution is 2.34. The van der Waals surface area contributed by atoms with Gasteiger partial charge in [-0.25, -0.2) is 4.39 Å². The van der Waals surface area contributed by atoms with Crippen LogP contribution in [0.25, 0.3) is 0 Å². The summed E-state index contributed by atoms with van der Waals surface area (Å²) in [6.07, 6.45) is -0.000812. The third-order valence-electron chi connectivity index (χ3n) is 4.12. The van der Waals surface area contributed by atoms with Gasteiger partial charge in [-0.3, -0.25) is 14.4 Å². The largest absolute Gasteiger partial charge is 0.491 e. The second-order valence-electron chi connectivity index (χ2n) is 6.09. The zero-order chi connectivity index (χ0) is 19.4. The van der Waals surface area contributed by atoms with E-state index in [9.17, 15) is 18.8 Å². The van der Waals surface area contributed by atoms with E-state index in [1.54, 1.807) is 24.3 Å². The molecule has 0 radical (unpaired) electrons. The van der Waals surface area contributed by atoms with Crippen molar-refractivity contribution in [1.29, 1.82) is 0 Å². The van der Waals surface area contributed by atoms with Gasteiger partial charge in [0.05, 0.1) is 24.6 Å². The number of primary amides is 1. The molecule has 0 saturated carbocycles. The highest BCUT2D eigenvalue weighted by Gasteiger charge is 2.31. The average molecular weight is 371 g/mol. The van der Waals surface area contributed by atoms with Crippen LogP contribution in [-0.2, 0) is 14.4 Å². The summed E-state index contributed by atoms with van der Waals surface area (Å²) in [7, 11) is 0. The molecule has 1 unspecified atom stereocenters. The van der Waals surface area contributed by atoms with Gasteiger partial charge >= 0.3 is 0 Å². The van der Waals surface area contributed by atoms with Crippen molar-refractivity contribution in [2.75, 3.05) is 17.2 Å². The summed E-state index contributed by atoms with van der Waals surface area (Å²) in [5.74, 6) is -2.14. The smallest absolute Gasteiger partial charge is 0.232 e. The SMILES string of the molecule is NC(=O)CCOc1ccccc1NC(=O)C1CC(=O)Nc2cc(F)ccc21. The van der Waals surface area contributed by atoms with Gasteiger partial charge in [-0.15, -0.1) is 0 Å². The lowest BCUT2D eigenvalue weighted by molar-refractivity contribution is -0.123. The van der Waals surface area contributed by atoms with Crippen LogP contribution in [0.3, 0.4) is 0 Å². The van der Waals surface area contributed by atoms with Crippen LogP contribution in [0.1, 0.15) is 24.3 Å². The van der Waals surface area contributed by atoms with Crippen molar-refractivity contribution in [3.63, 3.8) is 0 Å². The van der Waals surface area contributed by atoms with Gasteiger partial charge in [-0.2, -0.15) is 0 Å². The van der Waals surface area contributed by atoms with Crippen molar-refractivity contribution in [2.45, 2.75) is 18.8 Å². The minimum absolute atomic E-state index is 0.0457. The Morgan fingerprint density at radius 1 is 1.26 bits per heavy atom. The Balaban J connectivity index is 1.78. The summed E-state index contributed by atoms with van der Waals surface area (Å²) in [6.45, 7) is 0.0795. The monoisotopic (exact) mass is 371 g/mol. The van der Waals surface area contributed by atoms with Gasteiger partial charge in [0.2, 0.25) is 17.7 Å². The highest BCUT2D eigenvalue weighted by atomic mass is 19.1. The number of fused-ring (bicyclic) bond motifs is 1. The number of carbonyl (C=O) groups excluding carboxylic acids is 3. The number of nitrogens with one attached hydrogen (secondary N) is 2. The Morgan fingerprint density at radius 3 is 2.81 bits per heavy atom. The van der Waals surface area contributed by atoms with E-state index in [1.807, 2.05) is 0 Å². The molecule has 0 bridgehead atoms. The van der Waals surface area contributed by atoms with Gasteiger partial charge in [0.1, 0.15) is 11.6 Å². The molecule has 27 heavy (non-hydrogen) atoms. The summed E-state index contributed by atoms with van der Waals surface area (Å²) in [5.41, 5.74) is 6.32. The Bertz CT molecular complexity index is 900. The van der Waals surface area contributed by atoms with Crippen molar-refractivity contribution < 1.29 is 23.5 Å². The first-order chi connectivity index (χ1) is 12.9. The van der Waals surface area contributed by atoms with Crippen molar-refractivity contribution in [2.24, 2.45) is 5.73 Å². The van der Waals surface area contributed by atoms with E-state index in [2.05, 4.69) is 10.6 Å². The van der Waals surface area contributed by atoms with Crippen LogP contribution in [0.15, 0.2) is 42.5 Å².